The van der Waals surface area contributed by atoms with Crippen LogP contribution in [-0.2, 0) is 6.42 Å². The van der Waals surface area contributed by atoms with Crippen LogP contribution in [0.3, 0.4) is 0 Å². The summed E-state index contributed by atoms with van der Waals surface area (Å²) in [6.45, 7) is 0. The fourth-order valence-corrected chi connectivity index (χ4v) is 3.15. The quantitative estimate of drug-likeness (QED) is 0.572. The first-order valence-electron chi connectivity index (χ1n) is 7.26. The van der Waals surface area contributed by atoms with Gasteiger partial charge in [0.05, 0.1) is 23.0 Å². The van der Waals surface area contributed by atoms with Gasteiger partial charge in [0, 0.05) is 5.38 Å². The second kappa shape index (κ2) is 5.78. The van der Waals surface area contributed by atoms with Crippen LogP contribution < -0.4 is 0 Å². The van der Waals surface area contributed by atoms with Crippen LogP contribution in [0.5, 0.6) is 0 Å². The van der Waals surface area contributed by atoms with Gasteiger partial charge in [-0.3, -0.25) is 9.36 Å². The summed E-state index contributed by atoms with van der Waals surface area (Å²) in [4.78, 5) is 21.8. The Kier molecular flexibility index (Phi) is 3.48. The van der Waals surface area contributed by atoms with E-state index in [9.17, 15) is 4.79 Å². The zero-order valence-corrected chi connectivity index (χ0v) is 13.0. The van der Waals surface area contributed by atoms with Crippen molar-refractivity contribution in [2.75, 3.05) is 0 Å². The van der Waals surface area contributed by atoms with Gasteiger partial charge in [0.2, 0.25) is 5.91 Å². The summed E-state index contributed by atoms with van der Waals surface area (Å²) in [6, 6.07) is 17.4. The molecule has 5 heteroatoms. The number of hydrogen-bond donors (Lipinski definition) is 0. The zero-order valence-electron chi connectivity index (χ0n) is 12.2. The van der Waals surface area contributed by atoms with Crippen LogP contribution in [-0.4, -0.2) is 20.4 Å². The molecular weight excluding hydrogens is 306 g/mol. The summed E-state index contributed by atoms with van der Waals surface area (Å²) in [7, 11) is 0. The van der Waals surface area contributed by atoms with Gasteiger partial charge >= 0.3 is 0 Å². The maximum atomic E-state index is 12.9. The molecule has 0 amide bonds. The molecule has 0 fully saturated rings. The van der Waals surface area contributed by atoms with E-state index >= 15 is 0 Å². The third-order valence-corrected chi connectivity index (χ3v) is 4.26. The number of rotatable bonds is 3. The highest BCUT2D eigenvalue weighted by Gasteiger charge is 2.19. The SMILES string of the molecule is O=C(Cc1ccccc1)n1c(-c2cscn2)nc2ccccc21. The molecule has 0 saturated carbocycles. The summed E-state index contributed by atoms with van der Waals surface area (Å²) in [5.41, 5.74) is 5.08. The largest absolute Gasteiger partial charge is 0.274 e. The Morgan fingerprint density at radius 1 is 1.04 bits per heavy atom. The average Bonchev–Trinajstić information content (AvgIpc) is 3.23. The van der Waals surface area contributed by atoms with Gasteiger partial charge in [-0.1, -0.05) is 42.5 Å². The van der Waals surface area contributed by atoms with Crippen molar-refractivity contribution in [3.05, 3.63) is 71.1 Å². The molecule has 0 atom stereocenters. The van der Waals surface area contributed by atoms with Gasteiger partial charge in [0.15, 0.2) is 5.82 Å². The lowest BCUT2D eigenvalue weighted by Crippen LogP contribution is -2.15. The van der Waals surface area contributed by atoms with Crippen molar-refractivity contribution < 1.29 is 4.79 Å². The van der Waals surface area contributed by atoms with E-state index in [1.165, 1.54) is 11.3 Å². The van der Waals surface area contributed by atoms with Gasteiger partial charge in [-0.2, -0.15) is 0 Å². The van der Waals surface area contributed by atoms with Crippen molar-refractivity contribution >= 4 is 28.3 Å². The molecule has 4 aromatic rings. The first kappa shape index (κ1) is 13.8. The number of benzene rings is 2. The standard InChI is InChI=1S/C18H13N3OS/c22-17(10-13-6-2-1-3-7-13)21-16-9-5-4-8-14(16)20-18(21)15-11-23-12-19-15/h1-9,11-12H,10H2. The number of imidazole rings is 1. The fraction of sp³-hybridized carbons (Fsp3) is 0.0556. The molecule has 0 aliphatic rings. The third kappa shape index (κ3) is 2.55. The second-order valence-electron chi connectivity index (χ2n) is 5.19. The maximum absolute atomic E-state index is 12.9. The average molecular weight is 319 g/mol. The van der Waals surface area contributed by atoms with Crippen LogP contribution in [0.2, 0.25) is 0 Å². The number of thiazole rings is 1. The first-order valence-corrected chi connectivity index (χ1v) is 8.20. The van der Waals surface area contributed by atoms with Crippen molar-refractivity contribution in [3.63, 3.8) is 0 Å². The molecule has 4 nitrogen and oxygen atoms in total. The number of fused-ring (bicyclic) bond motifs is 1. The van der Waals surface area contributed by atoms with E-state index in [0.717, 1.165) is 22.3 Å². The molecule has 2 heterocycles. The van der Waals surface area contributed by atoms with Crippen LogP contribution in [0.4, 0.5) is 0 Å². The molecule has 2 aromatic carbocycles. The summed E-state index contributed by atoms with van der Waals surface area (Å²) in [6.07, 6.45) is 0.332. The Balaban J connectivity index is 1.84. The maximum Gasteiger partial charge on any atom is 0.237 e. The predicted octanol–water partition coefficient (Wildman–Crippen LogP) is 4.04. The summed E-state index contributed by atoms with van der Waals surface area (Å²) >= 11 is 1.49. The topological polar surface area (TPSA) is 47.8 Å². The lowest BCUT2D eigenvalue weighted by atomic mass is 10.1. The molecular formula is C18H13N3OS. The lowest BCUT2D eigenvalue weighted by Gasteiger charge is -2.06. The molecule has 0 radical (unpaired) electrons. The molecule has 0 spiro atoms. The van der Waals surface area contributed by atoms with E-state index in [1.54, 1.807) is 10.1 Å². The highest BCUT2D eigenvalue weighted by atomic mass is 32.1. The third-order valence-electron chi connectivity index (χ3n) is 3.67. The number of carbonyl (C=O) groups is 1. The van der Waals surface area contributed by atoms with Crippen LogP contribution in [0.1, 0.15) is 10.4 Å². The minimum absolute atomic E-state index is 0.00657. The monoisotopic (exact) mass is 319 g/mol. The number of hydrogen-bond acceptors (Lipinski definition) is 4. The van der Waals surface area contributed by atoms with Crippen molar-refractivity contribution in [2.45, 2.75) is 6.42 Å². The van der Waals surface area contributed by atoms with Crippen molar-refractivity contribution in [1.82, 2.24) is 14.5 Å². The Morgan fingerprint density at radius 2 is 1.83 bits per heavy atom. The molecule has 0 unspecified atom stereocenters. The smallest absolute Gasteiger partial charge is 0.237 e. The Labute approximate surface area is 137 Å². The number of aromatic nitrogens is 3. The van der Waals surface area contributed by atoms with E-state index in [-0.39, 0.29) is 5.91 Å². The van der Waals surface area contributed by atoms with Gasteiger partial charge in [0.25, 0.3) is 0 Å². The Bertz CT molecular complexity index is 959. The Hall–Kier alpha value is -2.79. The highest BCUT2D eigenvalue weighted by Crippen LogP contribution is 2.25. The summed E-state index contributed by atoms with van der Waals surface area (Å²) in [5, 5.41) is 1.91. The Morgan fingerprint density at radius 3 is 2.61 bits per heavy atom. The number of nitrogens with zero attached hydrogens (tertiary/aromatic N) is 3. The molecule has 4 rings (SSSR count). The van der Waals surface area contributed by atoms with Gasteiger partial charge in [-0.05, 0) is 17.7 Å². The highest BCUT2D eigenvalue weighted by molar-refractivity contribution is 7.07. The van der Waals surface area contributed by atoms with Crippen LogP contribution >= 0.6 is 11.3 Å². The molecule has 0 N–H and O–H groups in total. The number of para-hydroxylation sites is 2. The van der Waals surface area contributed by atoms with Crippen molar-refractivity contribution in [3.8, 4) is 11.5 Å². The van der Waals surface area contributed by atoms with Crippen LogP contribution in [0.15, 0.2) is 65.5 Å². The van der Waals surface area contributed by atoms with E-state index in [0.29, 0.717) is 12.2 Å². The van der Waals surface area contributed by atoms with Crippen LogP contribution in [0.25, 0.3) is 22.6 Å². The fourth-order valence-electron chi connectivity index (χ4n) is 2.62. The zero-order chi connectivity index (χ0) is 15.6. The van der Waals surface area contributed by atoms with Gasteiger partial charge in [-0.25, -0.2) is 9.97 Å². The van der Waals surface area contributed by atoms with Gasteiger partial charge in [0.1, 0.15) is 5.69 Å². The second-order valence-corrected chi connectivity index (χ2v) is 5.91. The van der Waals surface area contributed by atoms with Crippen molar-refractivity contribution in [2.24, 2.45) is 0 Å². The molecule has 0 bridgehead atoms. The summed E-state index contributed by atoms with van der Waals surface area (Å²) < 4.78 is 1.68. The van der Waals surface area contributed by atoms with Crippen molar-refractivity contribution in [1.29, 1.82) is 0 Å². The molecule has 112 valence electrons. The molecule has 0 aliphatic heterocycles. The first-order chi connectivity index (χ1) is 11.3. The molecule has 23 heavy (non-hydrogen) atoms. The lowest BCUT2D eigenvalue weighted by molar-refractivity contribution is 0.0920. The molecule has 2 aromatic heterocycles. The predicted molar refractivity (Wildman–Crippen MR) is 91.6 cm³/mol. The minimum Gasteiger partial charge on any atom is -0.274 e. The van der Waals surface area contributed by atoms with Gasteiger partial charge < -0.3 is 0 Å². The number of carbonyl (C=O) groups excluding carboxylic acids is 1. The normalized spacial score (nSPS) is 11.0. The molecule has 0 aliphatic carbocycles. The van der Waals surface area contributed by atoms with E-state index in [1.807, 2.05) is 60.0 Å². The van der Waals surface area contributed by atoms with Gasteiger partial charge in [-0.15, -0.1) is 11.3 Å². The summed E-state index contributed by atoms with van der Waals surface area (Å²) in [5.74, 6) is 0.598. The minimum atomic E-state index is -0.00657. The van der Waals surface area contributed by atoms with Crippen LogP contribution in [0, 0.1) is 0 Å². The van der Waals surface area contributed by atoms with E-state index < -0.39 is 0 Å². The van der Waals surface area contributed by atoms with E-state index in [4.69, 9.17) is 0 Å². The van der Waals surface area contributed by atoms with E-state index in [2.05, 4.69) is 9.97 Å². The molecule has 0 saturated heterocycles.